The van der Waals surface area contributed by atoms with Crippen LogP contribution in [0.5, 0.6) is 0 Å². The molecule has 0 aliphatic carbocycles. The van der Waals surface area contributed by atoms with Crippen molar-refractivity contribution in [2.45, 2.75) is 0 Å². The summed E-state index contributed by atoms with van der Waals surface area (Å²) in [6, 6.07) is 3.45. The monoisotopic (exact) mass is 198 g/mol. The molecule has 0 aliphatic heterocycles. The smallest absolute Gasteiger partial charge is 0.118 e. The van der Waals surface area contributed by atoms with Crippen LogP contribution in [-0.2, 0) is 0 Å². The van der Waals surface area contributed by atoms with Crippen LogP contribution < -0.4 is 0 Å². The van der Waals surface area contributed by atoms with E-state index in [2.05, 4.69) is 0 Å². The fourth-order valence-electron chi connectivity index (χ4n) is 0.355. The van der Waals surface area contributed by atoms with Crippen molar-refractivity contribution in [3.8, 4) is 12.1 Å². The zero-order valence-electron chi connectivity index (χ0n) is 5.96. The molecule has 0 aromatic heterocycles. The molecule has 0 atom stereocenters. The minimum Gasteiger partial charge on any atom is -0.191 e. The molecule has 0 aliphatic rings. The molecule has 0 aromatic rings. The molecule has 0 bridgehead atoms. The third-order valence-electron chi connectivity index (χ3n) is 0.810. The van der Waals surface area contributed by atoms with Crippen molar-refractivity contribution < 1.29 is 0 Å². The third kappa shape index (κ3) is 5.56. The van der Waals surface area contributed by atoms with E-state index in [1.165, 1.54) is 24.3 Å². The van der Waals surface area contributed by atoms with Gasteiger partial charge in [-0.3, -0.25) is 0 Å². The highest BCUT2D eigenvalue weighted by molar-refractivity contribution is 6.32. The Morgan fingerprint density at radius 1 is 0.917 bits per heavy atom. The minimum atomic E-state index is 0.0766. The summed E-state index contributed by atoms with van der Waals surface area (Å²) in [6.45, 7) is 0. The minimum absolute atomic E-state index is 0.0766. The van der Waals surface area contributed by atoms with Crippen LogP contribution in [0.1, 0.15) is 0 Å². The molecule has 0 saturated carbocycles. The predicted octanol–water partition coefficient (Wildman–Crippen LogP) is 2.84. The van der Waals surface area contributed by atoms with E-state index in [4.69, 9.17) is 33.7 Å². The molecule has 0 unspecified atom stereocenters. The van der Waals surface area contributed by atoms with Gasteiger partial charge in [0.1, 0.15) is 22.2 Å². The Balaban J connectivity index is 4.15. The molecule has 0 saturated heterocycles. The Morgan fingerprint density at radius 2 is 1.25 bits per heavy atom. The summed E-state index contributed by atoms with van der Waals surface area (Å²) in [4.78, 5) is 0. The number of rotatable bonds is 2. The second kappa shape index (κ2) is 6.49. The van der Waals surface area contributed by atoms with E-state index in [1.54, 1.807) is 12.1 Å². The van der Waals surface area contributed by atoms with Gasteiger partial charge in [0.15, 0.2) is 0 Å². The van der Waals surface area contributed by atoms with Gasteiger partial charge in [0.2, 0.25) is 0 Å². The Morgan fingerprint density at radius 3 is 1.50 bits per heavy atom. The van der Waals surface area contributed by atoms with Gasteiger partial charge in [-0.15, -0.1) is 0 Å². The molecule has 0 amide bonds. The van der Waals surface area contributed by atoms with Crippen LogP contribution in [0.3, 0.4) is 0 Å². The van der Waals surface area contributed by atoms with Crippen molar-refractivity contribution in [1.82, 2.24) is 0 Å². The summed E-state index contributed by atoms with van der Waals surface area (Å²) in [7, 11) is 0. The second-order valence-electron chi connectivity index (χ2n) is 1.64. The van der Waals surface area contributed by atoms with Crippen molar-refractivity contribution in [3.05, 3.63) is 34.4 Å². The maximum absolute atomic E-state index is 8.21. The molecule has 0 fully saturated rings. The lowest BCUT2D eigenvalue weighted by molar-refractivity contribution is 1.52. The van der Waals surface area contributed by atoms with E-state index in [9.17, 15) is 0 Å². The Labute approximate surface area is 80.6 Å². The van der Waals surface area contributed by atoms with E-state index < -0.39 is 0 Å². The molecule has 0 heterocycles. The van der Waals surface area contributed by atoms with Crippen molar-refractivity contribution in [2.75, 3.05) is 0 Å². The summed E-state index contributed by atoms with van der Waals surface area (Å²) in [5.74, 6) is 0. The van der Waals surface area contributed by atoms with E-state index in [0.717, 1.165) is 0 Å². The summed E-state index contributed by atoms with van der Waals surface area (Å²) in [5.41, 5.74) is 0. The molecule has 0 N–H and O–H groups in total. The Hall–Kier alpha value is -1.22. The van der Waals surface area contributed by atoms with Crippen molar-refractivity contribution in [1.29, 1.82) is 10.5 Å². The SMILES string of the molecule is N#C/C(Cl)=C/C=C/C=C(/Cl)C#N. The van der Waals surface area contributed by atoms with Gasteiger partial charge in [-0.25, -0.2) is 0 Å². The van der Waals surface area contributed by atoms with E-state index in [-0.39, 0.29) is 10.1 Å². The molecule has 0 spiro atoms. The number of nitrogens with zero attached hydrogens (tertiary/aromatic N) is 2. The highest BCUT2D eigenvalue weighted by Gasteiger charge is 1.82. The molecular weight excluding hydrogens is 195 g/mol. The molecular formula is C8H4Cl2N2. The lowest BCUT2D eigenvalue weighted by Gasteiger charge is -1.76. The quantitative estimate of drug-likeness (QED) is 0.507. The fourth-order valence-corrected chi connectivity index (χ4v) is 0.500. The average Bonchev–Trinajstić information content (AvgIpc) is 2.11. The number of nitriles is 2. The highest BCUT2D eigenvalue weighted by atomic mass is 35.5. The Kier molecular flexibility index (Phi) is 5.83. The number of allylic oxidation sites excluding steroid dienone is 6. The first-order valence-electron chi connectivity index (χ1n) is 2.90. The van der Waals surface area contributed by atoms with Crippen LogP contribution >= 0.6 is 23.2 Å². The van der Waals surface area contributed by atoms with Gasteiger partial charge < -0.3 is 0 Å². The van der Waals surface area contributed by atoms with Gasteiger partial charge in [0, 0.05) is 0 Å². The van der Waals surface area contributed by atoms with Crippen LogP contribution in [0.2, 0.25) is 0 Å². The van der Waals surface area contributed by atoms with Gasteiger partial charge >= 0.3 is 0 Å². The number of hydrogen-bond donors (Lipinski definition) is 0. The maximum Gasteiger partial charge on any atom is 0.118 e. The zero-order chi connectivity index (χ0) is 9.40. The van der Waals surface area contributed by atoms with Gasteiger partial charge in [0.25, 0.3) is 0 Å². The molecule has 4 heteroatoms. The predicted molar refractivity (Wildman–Crippen MR) is 48.2 cm³/mol. The first-order chi connectivity index (χ1) is 5.70. The van der Waals surface area contributed by atoms with Crippen LogP contribution in [0, 0.1) is 22.7 Å². The largest absolute Gasteiger partial charge is 0.191 e. The van der Waals surface area contributed by atoms with Gasteiger partial charge in [0.05, 0.1) is 0 Å². The van der Waals surface area contributed by atoms with Gasteiger partial charge in [-0.1, -0.05) is 35.4 Å². The molecule has 2 nitrogen and oxygen atoms in total. The molecule has 0 rings (SSSR count). The summed E-state index contributed by atoms with van der Waals surface area (Å²) in [5, 5.41) is 16.6. The van der Waals surface area contributed by atoms with E-state index in [1.807, 2.05) is 0 Å². The molecule has 0 aromatic carbocycles. The standard InChI is InChI=1S/C8H4Cl2N2/c9-7(5-11)3-1-2-4-8(10)6-12/h1-4H/b2-1+,7-3-,8-4+. The summed E-state index contributed by atoms with van der Waals surface area (Å²) < 4.78 is 0. The van der Waals surface area contributed by atoms with Crippen LogP contribution in [0.15, 0.2) is 34.4 Å². The van der Waals surface area contributed by atoms with Crippen LogP contribution in [-0.4, -0.2) is 0 Å². The van der Waals surface area contributed by atoms with Crippen molar-refractivity contribution >= 4 is 23.2 Å². The van der Waals surface area contributed by atoms with E-state index >= 15 is 0 Å². The average molecular weight is 199 g/mol. The lowest BCUT2D eigenvalue weighted by Crippen LogP contribution is -1.61. The maximum atomic E-state index is 8.21. The summed E-state index contributed by atoms with van der Waals surface area (Å²) >= 11 is 10.7. The van der Waals surface area contributed by atoms with Gasteiger partial charge in [-0.05, 0) is 12.2 Å². The van der Waals surface area contributed by atoms with Crippen LogP contribution in [0.4, 0.5) is 0 Å². The zero-order valence-corrected chi connectivity index (χ0v) is 7.47. The topological polar surface area (TPSA) is 47.6 Å². The lowest BCUT2D eigenvalue weighted by atomic mass is 10.4. The second-order valence-corrected chi connectivity index (χ2v) is 2.45. The normalized spacial score (nSPS) is 12.7. The molecule has 60 valence electrons. The van der Waals surface area contributed by atoms with Gasteiger partial charge in [-0.2, -0.15) is 10.5 Å². The first kappa shape index (κ1) is 10.8. The number of hydrogen-bond acceptors (Lipinski definition) is 2. The van der Waals surface area contributed by atoms with Crippen molar-refractivity contribution in [3.63, 3.8) is 0 Å². The number of halogens is 2. The third-order valence-corrected chi connectivity index (χ3v) is 1.23. The summed E-state index contributed by atoms with van der Waals surface area (Å²) in [6.07, 6.45) is 5.84. The van der Waals surface area contributed by atoms with Crippen molar-refractivity contribution in [2.24, 2.45) is 0 Å². The van der Waals surface area contributed by atoms with E-state index in [0.29, 0.717) is 0 Å². The molecule has 12 heavy (non-hydrogen) atoms. The Bertz CT molecular complexity index is 281. The fraction of sp³-hybridized carbons (Fsp3) is 0. The van der Waals surface area contributed by atoms with Crippen LogP contribution in [0.25, 0.3) is 0 Å². The first-order valence-corrected chi connectivity index (χ1v) is 3.66. The highest BCUT2D eigenvalue weighted by Crippen LogP contribution is 2.00. The molecule has 0 radical (unpaired) electrons.